The highest BCUT2D eigenvalue weighted by atomic mass is 16.6. The fourth-order valence-corrected chi connectivity index (χ4v) is 3.26. The van der Waals surface area contributed by atoms with Crippen molar-refractivity contribution < 1.29 is 24.0 Å². The second kappa shape index (κ2) is 7.25. The normalized spacial score (nSPS) is 18.0. The van der Waals surface area contributed by atoms with Crippen molar-refractivity contribution in [3.05, 3.63) is 69.8 Å². The number of non-ortho nitro benzene ring substituents is 1. The summed E-state index contributed by atoms with van der Waals surface area (Å²) >= 11 is 0. The number of ether oxygens (including phenoxy) is 1. The van der Waals surface area contributed by atoms with Crippen LogP contribution in [0, 0.1) is 10.1 Å². The maximum absolute atomic E-state index is 13.3. The van der Waals surface area contributed by atoms with Crippen molar-refractivity contribution >= 4 is 29.2 Å². The average molecular weight is 411 g/mol. The lowest BCUT2D eigenvalue weighted by molar-refractivity contribution is -0.384. The molecule has 1 aliphatic rings. The molecule has 9 nitrogen and oxygen atoms in total. The number of carbonyl (C=O) groups excluding carboxylic acids is 3. The minimum Gasteiger partial charge on any atom is -0.430 e. The number of benzene rings is 2. The predicted octanol–water partition coefficient (Wildman–Crippen LogP) is 2.54. The Hall–Kier alpha value is -3.75. The third kappa shape index (κ3) is 3.49. The zero-order chi connectivity index (χ0) is 22.3. The minimum absolute atomic E-state index is 0.146. The van der Waals surface area contributed by atoms with Gasteiger partial charge in [-0.05, 0) is 32.9 Å². The van der Waals surface area contributed by atoms with Gasteiger partial charge in [0.05, 0.1) is 16.2 Å². The first-order chi connectivity index (χ1) is 14.0. The number of rotatable bonds is 4. The number of esters is 1. The molecule has 0 saturated heterocycles. The van der Waals surface area contributed by atoms with Gasteiger partial charge in [0.25, 0.3) is 23.1 Å². The molecule has 0 bridgehead atoms. The molecule has 2 amide bonds. The Morgan fingerprint density at radius 2 is 1.80 bits per heavy atom. The van der Waals surface area contributed by atoms with E-state index < -0.39 is 33.8 Å². The van der Waals surface area contributed by atoms with Gasteiger partial charge in [0, 0.05) is 30.3 Å². The van der Waals surface area contributed by atoms with Crippen molar-refractivity contribution in [2.24, 2.45) is 0 Å². The van der Waals surface area contributed by atoms with E-state index in [2.05, 4.69) is 5.32 Å². The number of carbonyl (C=O) groups is 3. The molecule has 2 aromatic rings. The van der Waals surface area contributed by atoms with Gasteiger partial charge in [-0.15, -0.1) is 0 Å². The predicted molar refractivity (Wildman–Crippen MR) is 108 cm³/mol. The van der Waals surface area contributed by atoms with Gasteiger partial charge < -0.3 is 15.0 Å². The van der Waals surface area contributed by atoms with Crippen molar-refractivity contribution in [3.8, 4) is 0 Å². The van der Waals surface area contributed by atoms with Crippen LogP contribution in [0.25, 0.3) is 0 Å². The van der Waals surface area contributed by atoms with Crippen LogP contribution in [0.2, 0.25) is 0 Å². The number of fused-ring (bicyclic) bond motifs is 1. The summed E-state index contributed by atoms with van der Waals surface area (Å²) in [5.41, 5.74) is -2.77. The molecule has 9 heteroatoms. The van der Waals surface area contributed by atoms with Gasteiger partial charge in [0.1, 0.15) is 0 Å². The standard InChI is InChI=1S/C21H21N3O6/c1-20(2,3)22-18(26)21(15-10-5-6-11-16(15)23(4)19(21)27)30-17(25)13-8-7-9-14(12-13)24(28)29/h5-12H,1-4H3,(H,22,26). The highest BCUT2D eigenvalue weighted by Gasteiger charge is 2.59. The topological polar surface area (TPSA) is 119 Å². The molecular formula is C21H21N3O6. The summed E-state index contributed by atoms with van der Waals surface area (Å²) in [5.74, 6) is -2.55. The fourth-order valence-electron chi connectivity index (χ4n) is 3.26. The summed E-state index contributed by atoms with van der Waals surface area (Å²) in [6, 6.07) is 11.4. The number of anilines is 1. The maximum Gasteiger partial charge on any atom is 0.340 e. The Labute approximate surface area is 172 Å². The highest BCUT2D eigenvalue weighted by Crippen LogP contribution is 2.43. The molecule has 0 radical (unpaired) electrons. The molecule has 1 unspecified atom stereocenters. The molecule has 1 heterocycles. The summed E-state index contributed by atoms with van der Waals surface area (Å²) in [6.45, 7) is 5.20. The zero-order valence-electron chi connectivity index (χ0n) is 17.0. The fraction of sp³-hybridized carbons (Fsp3) is 0.286. The minimum atomic E-state index is -2.25. The molecule has 0 saturated carbocycles. The first kappa shape index (κ1) is 21.0. The second-order valence-electron chi connectivity index (χ2n) is 7.96. The van der Waals surface area contributed by atoms with Gasteiger partial charge in [0.15, 0.2) is 0 Å². The number of para-hydroxylation sites is 1. The van der Waals surface area contributed by atoms with E-state index in [1.165, 1.54) is 30.1 Å². The Balaban J connectivity index is 2.11. The highest BCUT2D eigenvalue weighted by molar-refractivity contribution is 6.21. The Morgan fingerprint density at radius 1 is 1.13 bits per heavy atom. The quantitative estimate of drug-likeness (QED) is 0.357. The summed E-state index contributed by atoms with van der Waals surface area (Å²) < 4.78 is 5.57. The van der Waals surface area contributed by atoms with E-state index >= 15 is 0 Å². The number of nitro benzene ring substituents is 1. The number of hydrogen-bond acceptors (Lipinski definition) is 6. The van der Waals surface area contributed by atoms with Gasteiger partial charge in [-0.25, -0.2) is 4.79 Å². The van der Waals surface area contributed by atoms with E-state index in [4.69, 9.17) is 4.74 Å². The number of nitrogens with zero attached hydrogens (tertiary/aromatic N) is 2. The molecule has 0 aliphatic carbocycles. The summed E-state index contributed by atoms with van der Waals surface area (Å²) in [6.07, 6.45) is 0. The lowest BCUT2D eigenvalue weighted by atomic mass is 9.92. The molecule has 1 N–H and O–H groups in total. The van der Waals surface area contributed by atoms with Crippen LogP contribution in [0.15, 0.2) is 48.5 Å². The van der Waals surface area contributed by atoms with Crippen molar-refractivity contribution in [2.75, 3.05) is 11.9 Å². The van der Waals surface area contributed by atoms with E-state index in [1.54, 1.807) is 45.0 Å². The molecule has 3 rings (SSSR count). The van der Waals surface area contributed by atoms with Crippen molar-refractivity contribution in [1.82, 2.24) is 5.32 Å². The monoisotopic (exact) mass is 411 g/mol. The average Bonchev–Trinajstić information content (AvgIpc) is 2.90. The summed E-state index contributed by atoms with van der Waals surface area (Å²) in [4.78, 5) is 51.1. The van der Waals surface area contributed by atoms with E-state index in [1.807, 2.05) is 0 Å². The number of likely N-dealkylation sites (N-methyl/N-ethyl adjacent to an activating group) is 1. The van der Waals surface area contributed by atoms with E-state index in [9.17, 15) is 24.5 Å². The molecule has 1 aliphatic heterocycles. The first-order valence-corrected chi connectivity index (χ1v) is 9.15. The lowest BCUT2D eigenvalue weighted by Crippen LogP contribution is -2.57. The Bertz CT molecular complexity index is 1060. The molecule has 1 atom stereocenters. The molecular weight excluding hydrogens is 390 g/mol. The van der Waals surface area contributed by atoms with Crippen LogP contribution in [0.4, 0.5) is 11.4 Å². The second-order valence-corrected chi connectivity index (χ2v) is 7.96. The van der Waals surface area contributed by atoms with Gasteiger partial charge in [0.2, 0.25) is 0 Å². The van der Waals surface area contributed by atoms with Crippen molar-refractivity contribution in [2.45, 2.75) is 31.9 Å². The third-order valence-electron chi connectivity index (χ3n) is 4.60. The summed E-state index contributed by atoms with van der Waals surface area (Å²) in [5, 5.41) is 13.7. The van der Waals surface area contributed by atoms with Crippen molar-refractivity contribution in [3.63, 3.8) is 0 Å². The number of hydrogen-bond donors (Lipinski definition) is 1. The molecule has 0 spiro atoms. The van der Waals surface area contributed by atoms with Crippen LogP contribution in [-0.4, -0.2) is 35.3 Å². The van der Waals surface area contributed by atoms with Crippen LogP contribution in [-0.2, 0) is 19.9 Å². The molecule has 2 aromatic carbocycles. The van der Waals surface area contributed by atoms with Crippen LogP contribution in [0.3, 0.4) is 0 Å². The van der Waals surface area contributed by atoms with Gasteiger partial charge in [-0.1, -0.05) is 24.3 Å². The smallest absolute Gasteiger partial charge is 0.340 e. The van der Waals surface area contributed by atoms with Gasteiger partial charge in [-0.2, -0.15) is 0 Å². The first-order valence-electron chi connectivity index (χ1n) is 9.15. The lowest BCUT2D eigenvalue weighted by Gasteiger charge is -2.31. The van der Waals surface area contributed by atoms with Crippen molar-refractivity contribution in [1.29, 1.82) is 0 Å². The SMILES string of the molecule is CN1C(=O)C(OC(=O)c2cccc([N+](=O)[O-])c2)(C(=O)NC(C)(C)C)c2ccccc21. The zero-order valence-corrected chi connectivity index (χ0v) is 17.0. The number of amides is 2. The molecule has 0 aromatic heterocycles. The number of nitrogens with one attached hydrogen (secondary N) is 1. The maximum atomic E-state index is 13.3. The molecule has 30 heavy (non-hydrogen) atoms. The van der Waals surface area contributed by atoms with Gasteiger partial charge in [-0.3, -0.25) is 19.7 Å². The molecule has 156 valence electrons. The van der Waals surface area contributed by atoms with Crippen LogP contribution < -0.4 is 10.2 Å². The van der Waals surface area contributed by atoms with E-state index in [0.717, 1.165) is 6.07 Å². The largest absolute Gasteiger partial charge is 0.430 e. The van der Waals surface area contributed by atoms with Crippen LogP contribution in [0.5, 0.6) is 0 Å². The van der Waals surface area contributed by atoms with E-state index in [0.29, 0.717) is 5.69 Å². The van der Waals surface area contributed by atoms with Crippen LogP contribution >= 0.6 is 0 Å². The Kier molecular flexibility index (Phi) is 5.07. The Morgan fingerprint density at radius 3 is 2.43 bits per heavy atom. The molecule has 0 fully saturated rings. The van der Waals surface area contributed by atoms with Crippen LogP contribution in [0.1, 0.15) is 36.7 Å². The van der Waals surface area contributed by atoms with Gasteiger partial charge >= 0.3 is 5.97 Å². The van der Waals surface area contributed by atoms with E-state index in [-0.39, 0.29) is 16.8 Å². The summed E-state index contributed by atoms with van der Waals surface area (Å²) in [7, 11) is 1.48. The number of nitro groups is 1. The third-order valence-corrected chi connectivity index (χ3v) is 4.60.